The lowest BCUT2D eigenvalue weighted by Gasteiger charge is -2.11. The van der Waals surface area contributed by atoms with Gasteiger partial charge in [-0.15, -0.1) is 11.8 Å². The van der Waals surface area contributed by atoms with Gasteiger partial charge < -0.3 is 14.8 Å². The SMILES string of the molecule is COC(=O)c1ccccc1C(=O)OCC(=O)Nc1ccccc1SCC#N. The minimum atomic E-state index is -0.807. The fourth-order valence-corrected chi connectivity index (χ4v) is 2.82. The molecule has 0 aromatic heterocycles. The lowest BCUT2D eigenvalue weighted by molar-refractivity contribution is -0.119. The molecule has 2 rings (SSSR count). The standard InChI is InChI=1S/C19H16N2O5S/c1-25-18(23)13-6-2-3-7-14(13)19(24)26-12-17(22)21-15-8-4-5-9-16(15)27-11-10-20/h2-9H,11-12H2,1H3,(H,21,22). The van der Waals surface area contributed by atoms with E-state index in [4.69, 9.17) is 10.00 Å². The number of hydrogen-bond acceptors (Lipinski definition) is 7. The van der Waals surface area contributed by atoms with Crippen LogP contribution in [-0.4, -0.2) is 37.3 Å². The smallest absolute Gasteiger partial charge is 0.339 e. The maximum Gasteiger partial charge on any atom is 0.339 e. The molecule has 0 radical (unpaired) electrons. The van der Waals surface area contributed by atoms with E-state index in [9.17, 15) is 14.4 Å². The van der Waals surface area contributed by atoms with Crippen molar-refractivity contribution in [2.24, 2.45) is 0 Å². The Morgan fingerprint density at radius 3 is 2.33 bits per heavy atom. The summed E-state index contributed by atoms with van der Waals surface area (Å²) in [5, 5.41) is 11.3. The Hall–Kier alpha value is -3.31. The average molecular weight is 384 g/mol. The largest absolute Gasteiger partial charge is 0.465 e. The van der Waals surface area contributed by atoms with E-state index < -0.39 is 24.5 Å². The van der Waals surface area contributed by atoms with Crippen molar-refractivity contribution in [2.75, 3.05) is 24.8 Å². The van der Waals surface area contributed by atoms with Crippen molar-refractivity contribution in [1.82, 2.24) is 0 Å². The summed E-state index contributed by atoms with van der Waals surface area (Å²) >= 11 is 1.28. The number of benzene rings is 2. The van der Waals surface area contributed by atoms with Gasteiger partial charge in [-0.1, -0.05) is 24.3 Å². The van der Waals surface area contributed by atoms with E-state index in [0.29, 0.717) is 5.69 Å². The molecule has 2 aromatic rings. The molecule has 1 N–H and O–H groups in total. The maximum atomic E-state index is 12.2. The van der Waals surface area contributed by atoms with Crippen LogP contribution in [0.25, 0.3) is 0 Å². The number of para-hydroxylation sites is 1. The van der Waals surface area contributed by atoms with Gasteiger partial charge in [0.2, 0.25) is 0 Å². The van der Waals surface area contributed by atoms with Crippen molar-refractivity contribution in [3.05, 3.63) is 59.7 Å². The average Bonchev–Trinajstić information content (AvgIpc) is 2.70. The van der Waals surface area contributed by atoms with Gasteiger partial charge in [-0.2, -0.15) is 5.26 Å². The summed E-state index contributed by atoms with van der Waals surface area (Å²) in [4.78, 5) is 36.7. The first kappa shape index (κ1) is 20.0. The second-order valence-electron chi connectivity index (χ2n) is 5.10. The van der Waals surface area contributed by atoms with Crippen LogP contribution in [-0.2, 0) is 14.3 Å². The number of esters is 2. The molecule has 138 valence electrons. The zero-order valence-electron chi connectivity index (χ0n) is 14.4. The molecule has 0 heterocycles. The molecule has 0 aliphatic heterocycles. The second-order valence-corrected chi connectivity index (χ2v) is 6.12. The normalized spacial score (nSPS) is 9.78. The molecule has 0 aliphatic carbocycles. The zero-order chi connectivity index (χ0) is 19.6. The van der Waals surface area contributed by atoms with Gasteiger partial charge in [0, 0.05) is 4.90 Å². The molecule has 0 bridgehead atoms. The molecule has 8 heteroatoms. The molecule has 7 nitrogen and oxygen atoms in total. The molecule has 0 saturated heterocycles. The highest BCUT2D eigenvalue weighted by atomic mass is 32.2. The van der Waals surface area contributed by atoms with E-state index in [-0.39, 0.29) is 16.9 Å². The Morgan fingerprint density at radius 1 is 1.04 bits per heavy atom. The topological polar surface area (TPSA) is 105 Å². The molecule has 0 saturated carbocycles. The molecule has 2 aromatic carbocycles. The number of methoxy groups -OCH3 is 1. The number of hydrogen-bond donors (Lipinski definition) is 1. The van der Waals surface area contributed by atoms with Gasteiger partial charge in [0.15, 0.2) is 6.61 Å². The van der Waals surface area contributed by atoms with Gasteiger partial charge in [0.05, 0.1) is 35.7 Å². The van der Waals surface area contributed by atoms with Crippen LogP contribution in [0.15, 0.2) is 53.4 Å². The first-order chi connectivity index (χ1) is 13.1. The van der Waals surface area contributed by atoms with Crippen LogP contribution in [0.5, 0.6) is 0 Å². The number of anilines is 1. The Balaban J connectivity index is 2.00. The lowest BCUT2D eigenvalue weighted by Crippen LogP contribution is -2.22. The molecule has 1 amide bonds. The molecular weight excluding hydrogens is 368 g/mol. The number of carbonyl (C=O) groups excluding carboxylic acids is 3. The molecule has 0 spiro atoms. The number of rotatable bonds is 7. The second kappa shape index (κ2) is 9.99. The maximum absolute atomic E-state index is 12.2. The number of nitrogens with one attached hydrogen (secondary N) is 1. The van der Waals surface area contributed by atoms with Crippen LogP contribution in [0.3, 0.4) is 0 Å². The van der Waals surface area contributed by atoms with Crippen LogP contribution < -0.4 is 5.32 Å². The van der Waals surface area contributed by atoms with Crippen LogP contribution in [0.2, 0.25) is 0 Å². The highest BCUT2D eigenvalue weighted by molar-refractivity contribution is 7.99. The first-order valence-corrected chi connectivity index (χ1v) is 8.78. The minimum Gasteiger partial charge on any atom is -0.465 e. The summed E-state index contributed by atoms with van der Waals surface area (Å²) in [5.41, 5.74) is 0.597. The summed E-state index contributed by atoms with van der Waals surface area (Å²) in [6.45, 7) is -0.522. The van der Waals surface area contributed by atoms with Gasteiger partial charge in [0.1, 0.15) is 0 Å². The van der Waals surface area contributed by atoms with E-state index >= 15 is 0 Å². The summed E-state index contributed by atoms with van der Waals surface area (Å²) in [5.74, 6) is -1.77. The number of carbonyl (C=O) groups is 3. The summed E-state index contributed by atoms with van der Waals surface area (Å²) in [7, 11) is 1.21. The van der Waals surface area contributed by atoms with Crippen molar-refractivity contribution >= 4 is 35.3 Å². The van der Waals surface area contributed by atoms with E-state index in [0.717, 1.165) is 4.90 Å². The monoisotopic (exact) mass is 384 g/mol. The fourth-order valence-electron chi connectivity index (χ4n) is 2.15. The van der Waals surface area contributed by atoms with Crippen molar-refractivity contribution in [2.45, 2.75) is 4.90 Å². The van der Waals surface area contributed by atoms with Crippen LogP contribution >= 0.6 is 11.8 Å². The third-order valence-electron chi connectivity index (χ3n) is 3.34. The third kappa shape index (κ3) is 5.59. The molecule has 0 unspecified atom stereocenters. The lowest BCUT2D eigenvalue weighted by atomic mass is 10.1. The van der Waals surface area contributed by atoms with Gasteiger partial charge in [0.25, 0.3) is 5.91 Å². The molecular formula is C19H16N2O5S. The number of ether oxygens (including phenoxy) is 2. The van der Waals surface area contributed by atoms with E-state index in [1.165, 1.54) is 31.0 Å². The third-order valence-corrected chi connectivity index (χ3v) is 4.28. The Kier molecular flexibility index (Phi) is 7.40. The van der Waals surface area contributed by atoms with Crippen LogP contribution in [0.1, 0.15) is 20.7 Å². The van der Waals surface area contributed by atoms with E-state index in [2.05, 4.69) is 10.1 Å². The van der Waals surface area contributed by atoms with Crippen LogP contribution in [0.4, 0.5) is 5.69 Å². The number of nitriles is 1. The predicted octanol–water partition coefficient (Wildman–Crippen LogP) is 2.88. The number of nitrogens with zero attached hydrogens (tertiary/aromatic N) is 1. The Labute approximate surface area is 160 Å². The number of amides is 1. The summed E-state index contributed by atoms with van der Waals surface area (Å²) < 4.78 is 9.63. The first-order valence-electron chi connectivity index (χ1n) is 7.80. The zero-order valence-corrected chi connectivity index (χ0v) is 15.2. The van der Waals surface area contributed by atoms with Gasteiger partial charge >= 0.3 is 11.9 Å². The van der Waals surface area contributed by atoms with Crippen molar-refractivity contribution in [3.8, 4) is 6.07 Å². The van der Waals surface area contributed by atoms with Crippen LogP contribution in [0, 0.1) is 11.3 Å². The van der Waals surface area contributed by atoms with Gasteiger partial charge in [-0.3, -0.25) is 4.79 Å². The summed E-state index contributed by atoms with van der Waals surface area (Å²) in [6, 6.07) is 15.0. The van der Waals surface area contributed by atoms with Crippen molar-refractivity contribution in [1.29, 1.82) is 5.26 Å². The molecule has 0 aliphatic rings. The van der Waals surface area contributed by atoms with E-state index in [1.54, 1.807) is 36.4 Å². The molecule has 0 atom stereocenters. The van der Waals surface area contributed by atoms with Gasteiger partial charge in [-0.05, 0) is 24.3 Å². The Morgan fingerprint density at radius 2 is 1.67 bits per heavy atom. The van der Waals surface area contributed by atoms with Crippen molar-refractivity contribution in [3.63, 3.8) is 0 Å². The highest BCUT2D eigenvalue weighted by Gasteiger charge is 2.19. The molecule has 27 heavy (non-hydrogen) atoms. The Bertz CT molecular complexity index is 892. The molecule has 0 fully saturated rings. The quantitative estimate of drug-likeness (QED) is 0.578. The predicted molar refractivity (Wildman–Crippen MR) is 99.5 cm³/mol. The minimum absolute atomic E-state index is 0.0159. The highest BCUT2D eigenvalue weighted by Crippen LogP contribution is 2.26. The van der Waals surface area contributed by atoms with E-state index in [1.807, 2.05) is 6.07 Å². The summed E-state index contributed by atoms with van der Waals surface area (Å²) in [6.07, 6.45) is 0. The fraction of sp³-hybridized carbons (Fsp3) is 0.158. The van der Waals surface area contributed by atoms with Gasteiger partial charge in [-0.25, -0.2) is 9.59 Å². The number of thioether (sulfide) groups is 1. The van der Waals surface area contributed by atoms with Crippen molar-refractivity contribution < 1.29 is 23.9 Å².